The predicted octanol–water partition coefficient (Wildman–Crippen LogP) is 0.734. The van der Waals surface area contributed by atoms with E-state index in [0.717, 1.165) is 5.56 Å². The van der Waals surface area contributed by atoms with Crippen molar-refractivity contribution in [1.82, 2.24) is 5.32 Å². The largest absolute Gasteiger partial charge is 0.409 e. The Kier molecular flexibility index (Phi) is 5.65. The standard InChI is InChI=1S/C12H17F2N3O2/c13-12(14,8-18)7-16-6-10(11(15)17-19)9-4-2-1-3-5-9/h1-5,10,16,18-19H,6-8H2,(H2,15,17). The summed E-state index contributed by atoms with van der Waals surface area (Å²) in [5.41, 5.74) is 6.30. The van der Waals surface area contributed by atoms with Crippen molar-refractivity contribution in [2.75, 3.05) is 19.7 Å². The summed E-state index contributed by atoms with van der Waals surface area (Å²) in [5, 5.41) is 22.6. The summed E-state index contributed by atoms with van der Waals surface area (Å²) in [6.07, 6.45) is 0. The fraction of sp³-hybridized carbons (Fsp3) is 0.417. The fourth-order valence-electron chi connectivity index (χ4n) is 1.60. The normalized spacial score (nSPS) is 14.4. The Labute approximate surface area is 109 Å². The van der Waals surface area contributed by atoms with Crippen molar-refractivity contribution in [1.29, 1.82) is 0 Å². The molecule has 0 aliphatic carbocycles. The van der Waals surface area contributed by atoms with Gasteiger partial charge in [-0.2, -0.15) is 0 Å². The van der Waals surface area contributed by atoms with Crippen LogP contribution in [0.1, 0.15) is 11.5 Å². The van der Waals surface area contributed by atoms with E-state index < -0.39 is 25.0 Å². The second-order valence-corrected chi connectivity index (χ2v) is 4.13. The van der Waals surface area contributed by atoms with Crippen LogP contribution in [0.2, 0.25) is 0 Å². The van der Waals surface area contributed by atoms with Crippen LogP contribution < -0.4 is 11.1 Å². The highest BCUT2D eigenvalue weighted by Gasteiger charge is 2.28. The minimum atomic E-state index is -3.19. The van der Waals surface area contributed by atoms with E-state index in [1.807, 2.05) is 0 Å². The molecule has 1 atom stereocenters. The van der Waals surface area contributed by atoms with E-state index in [1.54, 1.807) is 30.3 Å². The van der Waals surface area contributed by atoms with E-state index >= 15 is 0 Å². The van der Waals surface area contributed by atoms with Crippen molar-refractivity contribution >= 4 is 5.84 Å². The van der Waals surface area contributed by atoms with Gasteiger partial charge in [-0.25, -0.2) is 8.78 Å². The third kappa shape index (κ3) is 4.80. The molecular formula is C12H17F2N3O2. The van der Waals surface area contributed by atoms with Gasteiger partial charge in [0.2, 0.25) is 0 Å². The molecule has 19 heavy (non-hydrogen) atoms. The Balaban J connectivity index is 2.68. The number of hydrogen-bond acceptors (Lipinski definition) is 4. The highest BCUT2D eigenvalue weighted by molar-refractivity contribution is 5.87. The quantitative estimate of drug-likeness (QED) is 0.255. The number of nitrogens with two attached hydrogens (primary N) is 1. The summed E-state index contributed by atoms with van der Waals surface area (Å²) in [5.74, 6) is -3.77. The van der Waals surface area contributed by atoms with Gasteiger partial charge in [0.25, 0.3) is 5.92 Å². The lowest BCUT2D eigenvalue weighted by Crippen LogP contribution is -2.40. The minimum absolute atomic E-state index is 0.0639. The summed E-state index contributed by atoms with van der Waals surface area (Å²) in [4.78, 5) is 0. The van der Waals surface area contributed by atoms with Gasteiger partial charge in [-0.15, -0.1) is 0 Å². The van der Waals surface area contributed by atoms with Crippen LogP contribution in [-0.2, 0) is 0 Å². The van der Waals surface area contributed by atoms with E-state index in [9.17, 15) is 8.78 Å². The molecule has 0 spiro atoms. The molecule has 5 N–H and O–H groups in total. The first-order chi connectivity index (χ1) is 9.00. The lowest BCUT2D eigenvalue weighted by atomic mass is 9.98. The average Bonchev–Trinajstić information content (AvgIpc) is 2.44. The molecule has 0 saturated carbocycles. The molecule has 1 aromatic rings. The predicted molar refractivity (Wildman–Crippen MR) is 67.5 cm³/mol. The molecule has 0 heterocycles. The van der Waals surface area contributed by atoms with Crippen LogP contribution in [-0.4, -0.2) is 41.8 Å². The van der Waals surface area contributed by atoms with Crippen LogP contribution in [0.4, 0.5) is 8.78 Å². The molecule has 0 radical (unpaired) electrons. The molecule has 1 rings (SSSR count). The maximum absolute atomic E-state index is 12.9. The highest BCUT2D eigenvalue weighted by Crippen LogP contribution is 2.16. The maximum atomic E-state index is 12.9. The monoisotopic (exact) mass is 273 g/mol. The van der Waals surface area contributed by atoms with Crippen LogP contribution in [0.15, 0.2) is 35.5 Å². The van der Waals surface area contributed by atoms with E-state index in [-0.39, 0.29) is 12.4 Å². The van der Waals surface area contributed by atoms with Gasteiger partial charge in [0.15, 0.2) is 0 Å². The smallest absolute Gasteiger partial charge is 0.282 e. The number of aliphatic hydroxyl groups is 1. The van der Waals surface area contributed by atoms with Crippen LogP contribution in [0, 0.1) is 0 Å². The van der Waals surface area contributed by atoms with E-state index in [1.165, 1.54) is 0 Å². The molecule has 0 aromatic heterocycles. The average molecular weight is 273 g/mol. The number of alkyl halides is 2. The van der Waals surface area contributed by atoms with Crippen molar-refractivity contribution in [3.63, 3.8) is 0 Å². The lowest BCUT2D eigenvalue weighted by molar-refractivity contribution is -0.0474. The summed E-state index contributed by atoms with van der Waals surface area (Å²) < 4.78 is 25.7. The van der Waals surface area contributed by atoms with Gasteiger partial charge >= 0.3 is 0 Å². The first-order valence-electron chi connectivity index (χ1n) is 5.72. The molecule has 0 bridgehead atoms. The summed E-state index contributed by atoms with van der Waals surface area (Å²) in [6.45, 7) is -1.82. The zero-order chi connectivity index (χ0) is 14.3. The third-order valence-electron chi connectivity index (χ3n) is 2.64. The Hall–Kier alpha value is -1.73. The van der Waals surface area contributed by atoms with Gasteiger partial charge in [-0.3, -0.25) is 0 Å². The van der Waals surface area contributed by atoms with Crippen molar-refractivity contribution in [3.8, 4) is 0 Å². The van der Waals surface area contributed by atoms with Gasteiger partial charge in [-0.1, -0.05) is 35.5 Å². The molecular weight excluding hydrogens is 256 g/mol. The van der Waals surface area contributed by atoms with Gasteiger partial charge in [-0.05, 0) is 5.56 Å². The molecule has 0 aliphatic heterocycles. The molecule has 0 saturated heterocycles. The number of nitrogens with zero attached hydrogens (tertiary/aromatic N) is 1. The fourth-order valence-corrected chi connectivity index (χ4v) is 1.60. The molecule has 1 aromatic carbocycles. The number of rotatable bonds is 7. The van der Waals surface area contributed by atoms with Crippen molar-refractivity contribution in [2.24, 2.45) is 10.9 Å². The van der Waals surface area contributed by atoms with Gasteiger partial charge in [0.05, 0.1) is 12.5 Å². The zero-order valence-corrected chi connectivity index (χ0v) is 10.3. The number of oxime groups is 1. The molecule has 106 valence electrons. The van der Waals surface area contributed by atoms with E-state index in [0.29, 0.717) is 0 Å². The maximum Gasteiger partial charge on any atom is 0.282 e. The third-order valence-corrected chi connectivity index (χ3v) is 2.64. The van der Waals surface area contributed by atoms with Gasteiger partial charge < -0.3 is 21.4 Å². The van der Waals surface area contributed by atoms with Crippen LogP contribution in [0.5, 0.6) is 0 Å². The lowest BCUT2D eigenvalue weighted by Gasteiger charge is -2.19. The van der Waals surface area contributed by atoms with Gasteiger partial charge in [0, 0.05) is 6.54 Å². The van der Waals surface area contributed by atoms with E-state index in [4.69, 9.17) is 16.0 Å². The van der Waals surface area contributed by atoms with Crippen LogP contribution >= 0.6 is 0 Å². The number of nitrogens with one attached hydrogen (secondary N) is 1. The Morgan fingerprint density at radius 3 is 2.53 bits per heavy atom. The van der Waals surface area contributed by atoms with Crippen molar-refractivity contribution in [2.45, 2.75) is 11.8 Å². The Morgan fingerprint density at radius 1 is 1.37 bits per heavy atom. The minimum Gasteiger partial charge on any atom is -0.409 e. The molecule has 5 nitrogen and oxygen atoms in total. The summed E-state index contributed by atoms with van der Waals surface area (Å²) >= 11 is 0. The SMILES string of the molecule is N/C(=N/O)C(CNCC(F)(F)CO)c1ccccc1. The Bertz CT molecular complexity index is 413. The number of benzene rings is 1. The molecule has 0 amide bonds. The van der Waals surface area contributed by atoms with Crippen molar-refractivity contribution in [3.05, 3.63) is 35.9 Å². The molecule has 0 aliphatic rings. The summed E-state index contributed by atoms with van der Waals surface area (Å²) in [6, 6.07) is 8.87. The number of amidine groups is 1. The Morgan fingerprint density at radius 2 is 2.00 bits per heavy atom. The summed E-state index contributed by atoms with van der Waals surface area (Å²) in [7, 11) is 0. The first-order valence-corrected chi connectivity index (χ1v) is 5.72. The highest BCUT2D eigenvalue weighted by atomic mass is 19.3. The molecule has 7 heteroatoms. The second kappa shape index (κ2) is 7.01. The van der Waals surface area contributed by atoms with Crippen LogP contribution in [0.3, 0.4) is 0 Å². The van der Waals surface area contributed by atoms with Crippen LogP contribution in [0.25, 0.3) is 0 Å². The number of halogens is 2. The number of hydrogen-bond donors (Lipinski definition) is 4. The first kappa shape index (κ1) is 15.3. The zero-order valence-electron chi connectivity index (χ0n) is 10.3. The molecule has 1 unspecified atom stereocenters. The van der Waals surface area contributed by atoms with Gasteiger partial charge in [0.1, 0.15) is 12.4 Å². The number of aliphatic hydroxyl groups excluding tert-OH is 1. The molecule has 0 fully saturated rings. The van der Waals surface area contributed by atoms with E-state index in [2.05, 4.69) is 10.5 Å². The second-order valence-electron chi connectivity index (χ2n) is 4.13. The topological polar surface area (TPSA) is 90.9 Å². The van der Waals surface area contributed by atoms with Crippen molar-refractivity contribution < 1.29 is 19.1 Å².